The van der Waals surface area contributed by atoms with Crippen molar-refractivity contribution in [2.24, 2.45) is 11.8 Å². The molecule has 0 amide bonds. The second kappa shape index (κ2) is 11.6. The monoisotopic (exact) mass is 424 g/mol. The van der Waals surface area contributed by atoms with Crippen LogP contribution in [0.5, 0.6) is 0 Å². The van der Waals surface area contributed by atoms with E-state index in [0.29, 0.717) is 12.1 Å². The van der Waals surface area contributed by atoms with Gasteiger partial charge in [0, 0.05) is 64.4 Å². The van der Waals surface area contributed by atoms with Gasteiger partial charge in [0.1, 0.15) is 0 Å². The molecule has 3 rings (SSSR count). The zero-order valence-electron chi connectivity index (χ0n) is 20.0. The maximum absolute atomic E-state index is 10.7. The Morgan fingerprint density at radius 2 is 1.07 bits per heavy atom. The molecule has 0 bridgehead atoms. The molecule has 0 saturated carbocycles. The number of hydrogen-bond acceptors (Lipinski definition) is 6. The number of piperidine rings is 2. The predicted molar refractivity (Wildman–Crippen MR) is 124 cm³/mol. The molecule has 0 radical (unpaired) electrons. The van der Waals surface area contributed by atoms with Gasteiger partial charge in [-0.2, -0.15) is 0 Å². The third-order valence-corrected chi connectivity index (χ3v) is 7.49. The van der Waals surface area contributed by atoms with Gasteiger partial charge in [-0.05, 0) is 64.5 Å². The molecule has 6 atom stereocenters. The van der Waals surface area contributed by atoms with E-state index in [1.807, 2.05) is 0 Å². The van der Waals surface area contributed by atoms with Crippen molar-refractivity contribution in [3.05, 3.63) is 0 Å². The molecule has 0 aromatic heterocycles. The molecule has 3 aliphatic rings. The standard InChI is InChI=1S/C24H48N4O2/c1-19-7-5-9-25(11-19)15-23(29)17-27-13-21(3)28(22(4)14-27)18-24(30)16-26-10-6-8-20(2)12-26/h19-24,29-30H,5-18H2,1-4H3/t19-,20+,21-,22+,23+,24-/m1/s1. The summed E-state index contributed by atoms with van der Waals surface area (Å²) in [7, 11) is 0. The molecule has 0 unspecified atom stereocenters. The molecule has 3 heterocycles. The van der Waals surface area contributed by atoms with E-state index in [-0.39, 0.29) is 12.2 Å². The Labute approximate surface area is 185 Å². The lowest BCUT2D eigenvalue weighted by molar-refractivity contribution is -0.0227. The van der Waals surface area contributed by atoms with Gasteiger partial charge in [-0.25, -0.2) is 0 Å². The van der Waals surface area contributed by atoms with Crippen molar-refractivity contribution in [3.8, 4) is 0 Å². The second-order valence-electron chi connectivity index (χ2n) is 10.9. The fraction of sp³-hybridized carbons (Fsp3) is 1.00. The minimum Gasteiger partial charge on any atom is -0.390 e. The zero-order valence-corrected chi connectivity index (χ0v) is 20.0. The summed E-state index contributed by atoms with van der Waals surface area (Å²) < 4.78 is 0. The molecule has 3 saturated heterocycles. The van der Waals surface area contributed by atoms with E-state index in [9.17, 15) is 10.2 Å². The average molecular weight is 425 g/mol. The van der Waals surface area contributed by atoms with Crippen molar-refractivity contribution in [2.75, 3.05) is 65.4 Å². The largest absolute Gasteiger partial charge is 0.390 e. The lowest BCUT2D eigenvalue weighted by atomic mass is 9.99. The van der Waals surface area contributed by atoms with Crippen molar-refractivity contribution in [1.82, 2.24) is 19.6 Å². The molecule has 0 aliphatic carbocycles. The summed E-state index contributed by atoms with van der Waals surface area (Å²) in [5.74, 6) is 1.51. The molecule has 30 heavy (non-hydrogen) atoms. The number of β-amino-alcohol motifs (C(OH)–C–C–N with tert-alkyl or cyclic N) is 2. The Bertz CT molecular complexity index is 496. The van der Waals surface area contributed by atoms with Crippen LogP contribution >= 0.6 is 0 Å². The summed E-state index contributed by atoms with van der Waals surface area (Å²) in [6.45, 7) is 18.8. The number of piperazine rings is 1. The first-order valence-electron chi connectivity index (χ1n) is 12.6. The minimum atomic E-state index is -0.279. The van der Waals surface area contributed by atoms with Gasteiger partial charge in [0.25, 0.3) is 0 Å². The number of aliphatic hydroxyl groups is 2. The molecule has 0 aromatic carbocycles. The first-order valence-corrected chi connectivity index (χ1v) is 12.6. The SMILES string of the molecule is C[C@@H]1CCCN(C[C@H](O)CN2C[C@@H](C)N(C[C@H](O)CN3CCC[C@H](C)C3)[C@@H](C)C2)C1. The third kappa shape index (κ3) is 7.42. The third-order valence-electron chi connectivity index (χ3n) is 7.49. The minimum absolute atomic E-state index is 0.270. The summed E-state index contributed by atoms with van der Waals surface area (Å²) in [6, 6.07) is 0.816. The van der Waals surface area contributed by atoms with Crippen molar-refractivity contribution < 1.29 is 10.2 Å². The number of hydrogen-bond donors (Lipinski definition) is 2. The second-order valence-corrected chi connectivity index (χ2v) is 10.9. The topological polar surface area (TPSA) is 53.4 Å². The Morgan fingerprint density at radius 1 is 0.633 bits per heavy atom. The highest BCUT2D eigenvalue weighted by molar-refractivity contribution is 4.88. The number of likely N-dealkylation sites (tertiary alicyclic amines) is 2. The van der Waals surface area contributed by atoms with E-state index in [4.69, 9.17) is 0 Å². The molecular formula is C24H48N4O2. The van der Waals surface area contributed by atoms with Gasteiger partial charge in [0.2, 0.25) is 0 Å². The summed E-state index contributed by atoms with van der Waals surface area (Å²) >= 11 is 0. The lowest BCUT2D eigenvalue weighted by Gasteiger charge is -2.46. The first-order chi connectivity index (χ1) is 14.3. The van der Waals surface area contributed by atoms with Gasteiger partial charge in [-0.1, -0.05) is 13.8 Å². The van der Waals surface area contributed by atoms with Crippen molar-refractivity contribution in [3.63, 3.8) is 0 Å². The van der Waals surface area contributed by atoms with Crippen LogP contribution in [0.4, 0.5) is 0 Å². The smallest absolute Gasteiger partial charge is 0.0794 e. The average Bonchev–Trinajstić information content (AvgIpc) is 2.64. The molecule has 3 fully saturated rings. The molecule has 3 aliphatic heterocycles. The highest BCUT2D eigenvalue weighted by Crippen LogP contribution is 2.20. The van der Waals surface area contributed by atoms with Crippen LogP contribution in [-0.2, 0) is 0 Å². The molecule has 176 valence electrons. The number of nitrogens with zero attached hydrogens (tertiary/aromatic N) is 4. The van der Waals surface area contributed by atoms with Crippen LogP contribution in [-0.4, -0.2) is 120 Å². The summed E-state index contributed by atoms with van der Waals surface area (Å²) in [5, 5.41) is 21.4. The molecule has 0 aromatic rings. The van der Waals surface area contributed by atoms with Crippen molar-refractivity contribution in [1.29, 1.82) is 0 Å². The molecule has 6 nitrogen and oxygen atoms in total. The summed E-state index contributed by atoms with van der Waals surface area (Å²) in [5.41, 5.74) is 0. The molecule has 2 N–H and O–H groups in total. The number of aliphatic hydroxyl groups excluding tert-OH is 2. The van der Waals surface area contributed by atoms with E-state index in [0.717, 1.165) is 77.3 Å². The molecular weight excluding hydrogens is 376 g/mol. The van der Waals surface area contributed by atoms with Gasteiger partial charge in [-0.3, -0.25) is 9.80 Å². The van der Waals surface area contributed by atoms with Crippen LogP contribution in [0.2, 0.25) is 0 Å². The summed E-state index contributed by atoms with van der Waals surface area (Å²) in [6.07, 6.45) is 4.63. The van der Waals surface area contributed by atoms with Crippen molar-refractivity contribution in [2.45, 2.75) is 77.7 Å². The summed E-state index contributed by atoms with van der Waals surface area (Å²) in [4.78, 5) is 9.80. The van der Waals surface area contributed by atoms with Gasteiger partial charge >= 0.3 is 0 Å². The molecule has 0 spiro atoms. The van der Waals surface area contributed by atoms with E-state index >= 15 is 0 Å². The maximum Gasteiger partial charge on any atom is 0.0794 e. The highest BCUT2D eigenvalue weighted by Gasteiger charge is 2.32. The fourth-order valence-corrected chi connectivity index (χ4v) is 6.13. The van der Waals surface area contributed by atoms with E-state index in [1.54, 1.807) is 0 Å². The normalized spacial score (nSPS) is 35.4. The fourth-order valence-electron chi connectivity index (χ4n) is 6.13. The predicted octanol–water partition coefficient (Wildman–Crippen LogP) is 1.57. The van der Waals surface area contributed by atoms with E-state index in [1.165, 1.54) is 25.7 Å². The van der Waals surface area contributed by atoms with Crippen LogP contribution < -0.4 is 0 Å². The van der Waals surface area contributed by atoms with Crippen LogP contribution in [0, 0.1) is 11.8 Å². The van der Waals surface area contributed by atoms with E-state index < -0.39 is 0 Å². The lowest BCUT2D eigenvalue weighted by Crippen LogP contribution is -2.60. The van der Waals surface area contributed by atoms with E-state index in [2.05, 4.69) is 47.3 Å². The Hall–Kier alpha value is -0.240. The first kappa shape index (κ1) is 24.4. The Balaban J connectivity index is 1.40. The quantitative estimate of drug-likeness (QED) is 0.617. The Morgan fingerprint density at radius 3 is 1.53 bits per heavy atom. The van der Waals surface area contributed by atoms with Crippen LogP contribution in [0.15, 0.2) is 0 Å². The van der Waals surface area contributed by atoms with Crippen molar-refractivity contribution >= 4 is 0 Å². The Kier molecular flexibility index (Phi) is 9.41. The maximum atomic E-state index is 10.7. The number of rotatable bonds is 8. The van der Waals surface area contributed by atoms with Gasteiger partial charge in [-0.15, -0.1) is 0 Å². The van der Waals surface area contributed by atoms with Crippen LogP contribution in [0.1, 0.15) is 53.4 Å². The van der Waals surface area contributed by atoms with Crippen LogP contribution in [0.3, 0.4) is 0 Å². The van der Waals surface area contributed by atoms with Crippen LogP contribution in [0.25, 0.3) is 0 Å². The highest BCUT2D eigenvalue weighted by atomic mass is 16.3. The van der Waals surface area contributed by atoms with Gasteiger partial charge in [0.05, 0.1) is 12.2 Å². The zero-order chi connectivity index (χ0) is 21.7. The molecule has 6 heteroatoms. The van der Waals surface area contributed by atoms with Gasteiger partial charge in [0.15, 0.2) is 0 Å². The van der Waals surface area contributed by atoms with Gasteiger partial charge < -0.3 is 20.0 Å².